The summed E-state index contributed by atoms with van der Waals surface area (Å²) in [6.07, 6.45) is -17.2. The molecular formula is C16H16ClF6N3O3. The van der Waals surface area contributed by atoms with Gasteiger partial charge in [0, 0.05) is 29.8 Å². The van der Waals surface area contributed by atoms with Crippen molar-refractivity contribution >= 4 is 29.4 Å². The average molecular weight is 448 g/mol. The van der Waals surface area contributed by atoms with Crippen molar-refractivity contribution in [2.24, 2.45) is 0 Å². The molecule has 1 saturated heterocycles. The molecule has 0 saturated carbocycles. The zero-order valence-corrected chi connectivity index (χ0v) is 15.4. The average Bonchev–Trinajstić information content (AvgIpc) is 2.58. The number of hydrogen-bond donors (Lipinski definition) is 2. The van der Waals surface area contributed by atoms with E-state index in [1.807, 2.05) is 0 Å². The first kappa shape index (κ1) is 22.9. The molecule has 0 spiro atoms. The summed E-state index contributed by atoms with van der Waals surface area (Å²) in [5.74, 6) is 0. The number of nitrogens with zero attached hydrogens (tertiary/aromatic N) is 1. The van der Waals surface area contributed by atoms with Gasteiger partial charge in [0.05, 0.1) is 0 Å². The van der Waals surface area contributed by atoms with Crippen molar-refractivity contribution in [1.82, 2.24) is 10.2 Å². The second-order valence-corrected chi connectivity index (χ2v) is 6.65. The Kier molecular flexibility index (Phi) is 7.09. The first-order valence-electron chi connectivity index (χ1n) is 8.28. The maximum absolute atomic E-state index is 12.5. The molecule has 29 heavy (non-hydrogen) atoms. The molecule has 1 aliphatic rings. The lowest BCUT2D eigenvalue weighted by Crippen LogP contribution is -2.51. The molecule has 2 N–H and O–H groups in total. The number of rotatable bonds is 3. The van der Waals surface area contributed by atoms with E-state index in [9.17, 15) is 35.9 Å². The summed E-state index contributed by atoms with van der Waals surface area (Å²) < 4.78 is 78.5. The number of ether oxygens (including phenoxy) is 1. The van der Waals surface area contributed by atoms with Crippen LogP contribution in [-0.4, -0.2) is 54.6 Å². The Bertz CT molecular complexity index is 721. The highest BCUT2D eigenvalue weighted by Gasteiger charge is 2.60. The standard InChI is InChI=1S/C16H16ClF6N3O3/c17-9-2-1-3-11(8-9)25-13(27)24-10-4-6-26(7-5-10)14(28)29-12(15(18,19)20)16(21,22)23/h1-3,8,10,12H,4-7H2,(H2,24,25,27). The van der Waals surface area contributed by atoms with Crippen molar-refractivity contribution in [3.8, 4) is 0 Å². The molecule has 0 aliphatic carbocycles. The number of amides is 3. The number of carbonyl (C=O) groups is 2. The third-order valence-electron chi connectivity index (χ3n) is 3.98. The number of alkyl halides is 6. The highest BCUT2D eigenvalue weighted by atomic mass is 35.5. The van der Waals surface area contributed by atoms with Crippen molar-refractivity contribution in [2.75, 3.05) is 18.4 Å². The third kappa shape index (κ3) is 6.87. The summed E-state index contributed by atoms with van der Waals surface area (Å²) in [4.78, 5) is 24.4. The van der Waals surface area contributed by atoms with Crippen LogP contribution in [0.15, 0.2) is 24.3 Å². The molecule has 1 aromatic carbocycles. The second-order valence-electron chi connectivity index (χ2n) is 6.22. The van der Waals surface area contributed by atoms with E-state index in [2.05, 4.69) is 15.4 Å². The summed E-state index contributed by atoms with van der Waals surface area (Å²) in [6, 6.07) is 5.35. The normalized spacial score (nSPS) is 15.9. The van der Waals surface area contributed by atoms with Gasteiger partial charge in [0.1, 0.15) is 0 Å². The second kappa shape index (κ2) is 8.97. The van der Waals surface area contributed by atoms with Crippen LogP contribution in [0.4, 0.5) is 41.6 Å². The van der Waals surface area contributed by atoms with E-state index < -0.39 is 36.6 Å². The van der Waals surface area contributed by atoms with Gasteiger partial charge in [-0.2, -0.15) is 26.3 Å². The Labute approximate surface area is 166 Å². The number of benzene rings is 1. The van der Waals surface area contributed by atoms with Gasteiger partial charge in [0.15, 0.2) is 0 Å². The zero-order valence-electron chi connectivity index (χ0n) is 14.6. The Morgan fingerprint density at radius 2 is 1.69 bits per heavy atom. The molecule has 162 valence electrons. The van der Waals surface area contributed by atoms with Crippen molar-refractivity contribution in [3.05, 3.63) is 29.3 Å². The molecule has 3 amide bonds. The molecule has 1 fully saturated rings. The van der Waals surface area contributed by atoms with Crippen molar-refractivity contribution in [2.45, 2.75) is 37.3 Å². The van der Waals surface area contributed by atoms with Crippen LogP contribution < -0.4 is 10.6 Å². The van der Waals surface area contributed by atoms with Gasteiger partial charge in [-0.25, -0.2) is 9.59 Å². The molecule has 1 heterocycles. The van der Waals surface area contributed by atoms with E-state index in [0.29, 0.717) is 10.7 Å². The summed E-state index contributed by atoms with van der Waals surface area (Å²) >= 11 is 5.80. The number of urea groups is 1. The van der Waals surface area contributed by atoms with E-state index in [-0.39, 0.29) is 25.9 Å². The molecule has 0 bridgehead atoms. The highest BCUT2D eigenvalue weighted by molar-refractivity contribution is 6.30. The highest BCUT2D eigenvalue weighted by Crippen LogP contribution is 2.36. The zero-order chi connectivity index (χ0) is 21.8. The number of halogens is 7. The van der Waals surface area contributed by atoms with Crippen LogP contribution in [0.3, 0.4) is 0 Å². The van der Waals surface area contributed by atoms with Crippen LogP contribution in [0.25, 0.3) is 0 Å². The SMILES string of the molecule is O=C(Nc1cccc(Cl)c1)NC1CCN(C(=O)OC(C(F)(F)F)C(F)(F)F)CC1. The number of anilines is 1. The number of piperidine rings is 1. The van der Waals surface area contributed by atoms with Crippen LogP contribution in [-0.2, 0) is 4.74 Å². The van der Waals surface area contributed by atoms with E-state index >= 15 is 0 Å². The minimum atomic E-state index is -5.77. The van der Waals surface area contributed by atoms with E-state index in [4.69, 9.17) is 11.6 Å². The maximum Gasteiger partial charge on any atom is 0.434 e. The molecule has 0 atom stereocenters. The Balaban J connectivity index is 1.83. The predicted molar refractivity (Wildman–Crippen MR) is 90.6 cm³/mol. The van der Waals surface area contributed by atoms with Crippen molar-refractivity contribution in [3.63, 3.8) is 0 Å². The van der Waals surface area contributed by atoms with Gasteiger partial charge < -0.3 is 20.3 Å². The quantitative estimate of drug-likeness (QED) is 0.668. The monoisotopic (exact) mass is 447 g/mol. The van der Waals surface area contributed by atoms with Gasteiger partial charge in [0.2, 0.25) is 0 Å². The molecule has 6 nitrogen and oxygen atoms in total. The van der Waals surface area contributed by atoms with Gasteiger partial charge in [-0.15, -0.1) is 0 Å². The minimum Gasteiger partial charge on any atom is -0.426 e. The Morgan fingerprint density at radius 1 is 1.10 bits per heavy atom. The molecular weight excluding hydrogens is 432 g/mol. The fourth-order valence-corrected chi connectivity index (χ4v) is 2.81. The molecule has 1 aromatic rings. The number of nitrogens with one attached hydrogen (secondary N) is 2. The van der Waals surface area contributed by atoms with Crippen molar-refractivity contribution in [1.29, 1.82) is 0 Å². The van der Waals surface area contributed by atoms with E-state index in [1.165, 1.54) is 6.07 Å². The van der Waals surface area contributed by atoms with Gasteiger partial charge in [-0.3, -0.25) is 0 Å². The summed E-state index contributed by atoms with van der Waals surface area (Å²) in [5.41, 5.74) is 0.432. The maximum atomic E-state index is 12.5. The number of hydrogen-bond acceptors (Lipinski definition) is 3. The van der Waals surface area contributed by atoms with Crippen LogP contribution in [0.5, 0.6) is 0 Å². The van der Waals surface area contributed by atoms with E-state index in [1.54, 1.807) is 18.2 Å². The largest absolute Gasteiger partial charge is 0.434 e. The molecule has 13 heteroatoms. The molecule has 2 rings (SSSR count). The van der Waals surface area contributed by atoms with Gasteiger partial charge >= 0.3 is 24.5 Å². The lowest BCUT2D eigenvalue weighted by atomic mass is 10.1. The van der Waals surface area contributed by atoms with Crippen molar-refractivity contribution < 1.29 is 40.7 Å². The third-order valence-corrected chi connectivity index (χ3v) is 4.22. The van der Waals surface area contributed by atoms with Crippen LogP contribution >= 0.6 is 11.6 Å². The summed E-state index contributed by atoms with van der Waals surface area (Å²) in [6.45, 7) is -0.354. The summed E-state index contributed by atoms with van der Waals surface area (Å²) in [7, 11) is 0. The number of carbonyl (C=O) groups excluding carboxylic acids is 2. The van der Waals surface area contributed by atoms with Gasteiger partial charge in [-0.1, -0.05) is 17.7 Å². The lowest BCUT2D eigenvalue weighted by molar-refractivity contribution is -0.308. The van der Waals surface area contributed by atoms with Crippen LogP contribution in [0.2, 0.25) is 5.02 Å². The van der Waals surface area contributed by atoms with Gasteiger partial charge in [0.25, 0.3) is 6.10 Å². The lowest BCUT2D eigenvalue weighted by Gasteiger charge is -2.33. The molecule has 0 unspecified atom stereocenters. The molecule has 0 aromatic heterocycles. The van der Waals surface area contributed by atoms with E-state index in [0.717, 1.165) is 4.90 Å². The Hall–Kier alpha value is -2.37. The Morgan fingerprint density at radius 3 is 2.21 bits per heavy atom. The molecule has 1 aliphatic heterocycles. The summed E-state index contributed by atoms with van der Waals surface area (Å²) in [5, 5.41) is 5.55. The first-order chi connectivity index (χ1) is 13.4. The number of likely N-dealkylation sites (tertiary alicyclic amines) is 1. The molecule has 0 radical (unpaired) electrons. The first-order valence-corrected chi connectivity index (χ1v) is 8.66. The fourth-order valence-electron chi connectivity index (χ4n) is 2.62. The van der Waals surface area contributed by atoms with Crippen LogP contribution in [0.1, 0.15) is 12.8 Å². The predicted octanol–water partition coefficient (Wildman–Crippen LogP) is 4.56. The smallest absolute Gasteiger partial charge is 0.426 e. The van der Waals surface area contributed by atoms with Gasteiger partial charge in [-0.05, 0) is 31.0 Å². The topological polar surface area (TPSA) is 70.7 Å². The fraction of sp³-hybridized carbons (Fsp3) is 0.500. The van der Waals surface area contributed by atoms with Crippen LogP contribution in [0, 0.1) is 0 Å². The minimum absolute atomic E-state index is 0.126.